The summed E-state index contributed by atoms with van der Waals surface area (Å²) in [5.74, 6) is 0. The number of rotatable bonds is 3. The maximum absolute atomic E-state index is 2.44. The Morgan fingerprint density at radius 2 is 1.77 bits per heavy atom. The van der Waals surface area contributed by atoms with Crippen molar-refractivity contribution in [1.82, 2.24) is 4.90 Å². The first-order valence-electron chi connectivity index (χ1n) is 4.64. The Kier molecular flexibility index (Phi) is 4.26. The zero-order valence-corrected chi connectivity index (χ0v) is 11.8. The summed E-state index contributed by atoms with van der Waals surface area (Å²) in [5, 5.41) is 0. The second-order valence-corrected chi connectivity index (χ2v) is 11.1. The van der Waals surface area contributed by atoms with Crippen molar-refractivity contribution in [2.45, 2.75) is 16.4 Å². The number of benzene rings is 1. The number of hydrogen-bond donors (Lipinski definition) is 0. The van der Waals surface area contributed by atoms with Crippen molar-refractivity contribution in [2.75, 3.05) is 14.1 Å². The van der Waals surface area contributed by atoms with Gasteiger partial charge in [0.1, 0.15) is 0 Å². The van der Waals surface area contributed by atoms with Gasteiger partial charge in [0.25, 0.3) is 0 Å². The maximum atomic E-state index is 2.44. The standard InChI is InChI=1S/C9H12N.2CH3.Sn/c1-10(2)8-9-6-4-3-5-7-9;;;/h3-6H,8H2,1-2H3;2*1H3;. The van der Waals surface area contributed by atoms with Gasteiger partial charge in [-0.25, -0.2) is 0 Å². The molecule has 0 bridgehead atoms. The van der Waals surface area contributed by atoms with Crippen molar-refractivity contribution in [3.63, 3.8) is 0 Å². The molecular weight excluding hydrogens is 265 g/mol. The Hall–Kier alpha value is -0.0213. The molecule has 1 rings (SSSR count). The average Bonchev–Trinajstić information content (AvgIpc) is 2.03. The van der Waals surface area contributed by atoms with Crippen LogP contribution in [0.25, 0.3) is 0 Å². The zero-order chi connectivity index (χ0) is 9.84. The van der Waals surface area contributed by atoms with E-state index in [4.69, 9.17) is 0 Å². The van der Waals surface area contributed by atoms with Crippen molar-refractivity contribution >= 4 is 23.3 Å². The topological polar surface area (TPSA) is 3.24 Å². The van der Waals surface area contributed by atoms with Crippen LogP contribution >= 0.6 is 0 Å². The summed E-state index contributed by atoms with van der Waals surface area (Å²) >= 11 is -1.18. The van der Waals surface area contributed by atoms with Crippen molar-refractivity contribution < 1.29 is 0 Å². The van der Waals surface area contributed by atoms with E-state index in [1.807, 2.05) is 0 Å². The molecule has 13 heavy (non-hydrogen) atoms. The van der Waals surface area contributed by atoms with Gasteiger partial charge in [-0.05, 0) is 0 Å². The fraction of sp³-hybridized carbons (Fsp3) is 0.455. The first-order valence-corrected chi connectivity index (χ1v) is 11.8. The van der Waals surface area contributed by atoms with Crippen LogP contribution in [-0.4, -0.2) is 38.8 Å². The van der Waals surface area contributed by atoms with E-state index in [0.29, 0.717) is 0 Å². The molecule has 0 aliphatic carbocycles. The van der Waals surface area contributed by atoms with Gasteiger partial charge in [0.15, 0.2) is 0 Å². The average molecular weight is 283 g/mol. The number of nitrogens with zero attached hydrogens (tertiary/aromatic N) is 1. The van der Waals surface area contributed by atoms with Crippen LogP contribution in [0.4, 0.5) is 0 Å². The molecule has 0 aliphatic heterocycles. The summed E-state index contributed by atoms with van der Waals surface area (Å²) in [5.41, 5.74) is 1.53. The first-order chi connectivity index (χ1) is 6.11. The van der Waals surface area contributed by atoms with Crippen molar-refractivity contribution in [2.24, 2.45) is 0 Å². The molecular formula is C11H18NSn. The Bertz CT molecular complexity index is 269. The first kappa shape index (κ1) is 11.1. The van der Waals surface area contributed by atoms with Crippen LogP contribution in [0.2, 0.25) is 9.88 Å². The molecule has 0 N–H and O–H groups in total. The van der Waals surface area contributed by atoms with Gasteiger partial charge >= 0.3 is 88.6 Å². The van der Waals surface area contributed by atoms with Crippen LogP contribution in [0, 0.1) is 0 Å². The molecule has 0 saturated heterocycles. The molecule has 0 saturated carbocycles. The Morgan fingerprint density at radius 1 is 1.15 bits per heavy atom. The summed E-state index contributed by atoms with van der Waals surface area (Å²) in [6.45, 7) is 1.09. The van der Waals surface area contributed by atoms with Crippen molar-refractivity contribution in [1.29, 1.82) is 0 Å². The van der Waals surface area contributed by atoms with Crippen LogP contribution in [0.5, 0.6) is 0 Å². The summed E-state index contributed by atoms with van der Waals surface area (Å²) in [6.07, 6.45) is 0. The van der Waals surface area contributed by atoms with E-state index in [1.165, 1.54) is 5.56 Å². The van der Waals surface area contributed by atoms with Gasteiger partial charge in [0, 0.05) is 0 Å². The third kappa shape index (κ3) is 3.31. The monoisotopic (exact) mass is 284 g/mol. The Labute approximate surface area is 88.5 Å². The van der Waals surface area contributed by atoms with Gasteiger partial charge in [-0.15, -0.1) is 0 Å². The molecule has 0 aliphatic rings. The normalized spacial score (nSPS) is 11.2. The molecule has 0 heterocycles. The van der Waals surface area contributed by atoms with Crippen LogP contribution in [-0.2, 0) is 6.54 Å². The van der Waals surface area contributed by atoms with E-state index in [2.05, 4.69) is 53.1 Å². The van der Waals surface area contributed by atoms with Crippen LogP contribution in [0.1, 0.15) is 5.56 Å². The minimum absolute atomic E-state index is 1.09. The molecule has 71 valence electrons. The molecule has 0 atom stereocenters. The van der Waals surface area contributed by atoms with Gasteiger partial charge in [-0.1, -0.05) is 0 Å². The third-order valence-corrected chi connectivity index (χ3v) is 6.51. The molecule has 1 aromatic carbocycles. The molecule has 1 radical (unpaired) electrons. The molecule has 0 spiro atoms. The van der Waals surface area contributed by atoms with E-state index in [1.54, 1.807) is 3.58 Å². The van der Waals surface area contributed by atoms with Gasteiger partial charge < -0.3 is 0 Å². The van der Waals surface area contributed by atoms with Gasteiger partial charge in [0.2, 0.25) is 0 Å². The van der Waals surface area contributed by atoms with Crippen LogP contribution in [0.3, 0.4) is 0 Å². The number of hydrogen-bond acceptors (Lipinski definition) is 1. The van der Waals surface area contributed by atoms with Gasteiger partial charge in [-0.2, -0.15) is 0 Å². The summed E-state index contributed by atoms with van der Waals surface area (Å²) < 4.78 is 1.67. The molecule has 0 fully saturated rings. The van der Waals surface area contributed by atoms with E-state index >= 15 is 0 Å². The predicted octanol–water partition coefficient (Wildman–Crippen LogP) is 1.71. The van der Waals surface area contributed by atoms with Gasteiger partial charge in [0.05, 0.1) is 0 Å². The van der Waals surface area contributed by atoms with Crippen molar-refractivity contribution in [3.8, 4) is 0 Å². The van der Waals surface area contributed by atoms with Gasteiger partial charge in [-0.3, -0.25) is 0 Å². The second-order valence-electron chi connectivity index (χ2n) is 3.89. The van der Waals surface area contributed by atoms with Crippen LogP contribution in [0.15, 0.2) is 24.3 Å². The SMILES string of the molecule is CN(C)Cc1cccc[c]1[Sn]([CH3])[CH3]. The fourth-order valence-electron chi connectivity index (χ4n) is 1.49. The van der Waals surface area contributed by atoms with Crippen LogP contribution < -0.4 is 3.58 Å². The molecule has 2 heteroatoms. The molecule has 0 aromatic heterocycles. The molecule has 0 amide bonds. The van der Waals surface area contributed by atoms with E-state index in [-0.39, 0.29) is 0 Å². The summed E-state index contributed by atoms with van der Waals surface area (Å²) in [6, 6.07) is 8.90. The van der Waals surface area contributed by atoms with Crippen molar-refractivity contribution in [3.05, 3.63) is 29.8 Å². The molecule has 1 nitrogen and oxygen atoms in total. The quantitative estimate of drug-likeness (QED) is 0.763. The molecule has 0 unspecified atom stereocenters. The van der Waals surface area contributed by atoms with E-state index in [9.17, 15) is 0 Å². The minimum atomic E-state index is -1.18. The predicted molar refractivity (Wildman–Crippen MR) is 60.9 cm³/mol. The Morgan fingerprint density at radius 3 is 2.31 bits per heavy atom. The molecule has 1 aromatic rings. The third-order valence-electron chi connectivity index (χ3n) is 2.04. The Balaban J connectivity index is 2.91. The zero-order valence-electron chi connectivity index (χ0n) is 8.96. The fourth-order valence-corrected chi connectivity index (χ4v) is 5.01. The van der Waals surface area contributed by atoms with E-state index < -0.39 is 19.8 Å². The van der Waals surface area contributed by atoms with E-state index in [0.717, 1.165) is 6.54 Å². The summed E-state index contributed by atoms with van der Waals surface area (Å²) in [7, 11) is 4.26. The second kappa shape index (κ2) is 5.01. The summed E-state index contributed by atoms with van der Waals surface area (Å²) in [4.78, 5) is 7.12.